The standard InChI is InChI=1S/C21H22FN3O2/c22-15-4-1-3-14(13-15)21(11-2-12-21)19(26)23-16-5-7-17(8-6-16)24-20(27)25-18-9-10-18/h1,3-8,13,18H,2,9-12H2,(H,23,26)(H2,24,25,27). The molecule has 5 nitrogen and oxygen atoms in total. The first-order valence-electron chi connectivity index (χ1n) is 9.30. The van der Waals surface area contributed by atoms with E-state index in [4.69, 9.17) is 0 Å². The maximum atomic E-state index is 13.6. The van der Waals surface area contributed by atoms with Crippen LogP contribution in [0.5, 0.6) is 0 Å². The Bertz CT molecular complexity index is 858. The molecule has 0 heterocycles. The van der Waals surface area contributed by atoms with Crippen molar-refractivity contribution in [2.75, 3.05) is 10.6 Å². The van der Waals surface area contributed by atoms with Crippen LogP contribution in [0.1, 0.15) is 37.7 Å². The van der Waals surface area contributed by atoms with Gasteiger partial charge in [0.05, 0.1) is 5.41 Å². The third-order valence-corrected chi connectivity index (χ3v) is 5.33. The van der Waals surface area contributed by atoms with E-state index < -0.39 is 5.41 Å². The van der Waals surface area contributed by atoms with Crippen LogP contribution in [0.15, 0.2) is 48.5 Å². The molecular formula is C21H22FN3O2. The molecule has 3 amide bonds. The second kappa shape index (κ2) is 7.02. The predicted octanol–water partition coefficient (Wildman–Crippen LogP) is 4.17. The van der Waals surface area contributed by atoms with Crippen molar-refractivity contribution in [1.29, 1.82) is 0 Å². The molecule has 0 radical (unpaired) electrons. The van der Waals surface area contributed by atoms with Crippen molar-refractivity contribution in [1.82, 2.24) is 5.32 Å². The fraction of sp³-hybridized carbons (Fsp3) is 0.333. The highest BCUT2D eigenvalue weighted by Gasteiger charge is 2.45. The van der Waals surface area contributed by atoms with Gasteiger partial charge in [0.15, 0.2) is 0 Å². The number of amides is 3. The smallest absolute Gasteiger partial charge is 0.319 e. The van der Waals surface area contributed by atoms with Crippen LogP contribution in [0.25, 0.3) is 0 Å². The number of rotatable bonds is 5. The van der Waals surface area contributed by atoms with Gasteiger partial charge in [0.2, 0.25) is 5.91 Å². The molecule has 0 spiro atoms. The van der Waals surface area contributed by atoms with Gasteiger partial charge in [-0.05, 0) is 67.6 Å². The Morgan fingerprint density at radius 1 is 0.963 bits per heavy atom. The van der Waals surface area contributed by atoms with E-state index in [9.17, 15) is 14.0 Å². The van der Waals surface area contributed by atoms with Gasteiger partial charge in [0.25, 0.3) is 0 Å². The second-order valence-corrected chi connectivity index (χ2v) is 7.35. The number of urea groups is 1. The van der Waals surface area contributed by atoms with E-state index in [1.54, 1.807) is 30.3 Å². The molecule has 0 aromatic heterocycles. The molecule has 0 unspecified atom stereocenters. The minimum atomic E-state index is -0.664. The number of hydrogen-bond donors (Lipinski definition) is 3. The maximum Gasteiger partial charge on any atom is 0.319 e. The highest BCUT2D eigenvalue weighted by Crippen LogP contribution is 2.44. The fourth-order valence-electron chi connectivity index (χ4n) is 3.43. The van der Waals surface area contributed by atoms with Gasteiger partial charge < -0.3 is 16.0 Å². The lowest BCUT2D eigenvalue weighted by molar-refractivity contribution is -0.124. The Labute approximate surface area is 157 Å². The summed E-state index contributed by atoms with van der Waals surface area (Å²) in [4.78, 5) is 24.7. The average Bonchev–Trinajstić information content (AvgIpc) is 3.39. The highest BCUT2D eigenvalue weighted by molar-refractivity contribution is 6.00. The Hall–Kier alpha value is -2.89. The van der Waals surface area contributed by atoms with Crippen LogP contribution in [0.2, 0.25) is 0 Å². The molecule has 2 fully saturated rings. The minimum absolute atomic E-state index is 0.119. The number of hydrogen-bond acceptors (Lipinski definition) is 2. The molecule has 2 aliphatic carbocycles. The molecule has 4 rings (SSSR count). The van der Waals surface area contributed by atoms with Gasteiger partial charge in [-0.15, -0.1) is 0 Å². The molecule has 140 valence electrons. The number of nitrogens with one attached hydrogen (secondary N) is 3. The summed E-state index contributed by atoms with van der Waals surface area (Å²) >= 11 is 0. The van der Waals surface area contributed by atoms with Crippen LogP contribution in [0, 0.1) is 5.82 Å². The summed E-state index contributed by atoms with van der Waals surface area (Å²) in [6.45, 7) is 0. The van der Waals surface area contributed by atoms with Crippen molar-refractivity contribution in [2.24, 2.45) is 0 Å². The molecule has 0 atom stereocenters. The molecule has 0 aliphatic heterocycles. The van der Waals surface area contributed by atoms with Crippen molar-refractivity contribution in [3.8, 4) is 0 Å². The Morgan fingerprint density at radius 3 is 2.19 bits per heavy atom. The maximum absolute atomic E-state index is 13.6. The van der Waals surface area contributed by atoms with Crippen LogP contribution < -0.4 is 16.0 Å². The summed E-state index contributed by atoms with van der Waals surface area (Å²) in [5.74, 6) is -0.446. The summed E-state index contributed by atoms with van der Waals surface area (Å²) in [5.41, 5.74) is 1.37. The lowest BCUT2D eigenvalue weighted by Gasteiger charge is -2.40. The quantitative estimate of drug-likeness (QED) is 0.742. The van der Waals surface area contributed by atoms with Gasteiger partial charge in [0, 0.05) is 17.4 Å². The summed E-state index contributed by atoms with van der Waals surface area (Å²) in [7, 11) is 0. The molecule has 2 aromatic carbocycles. The number of anilines is 2. The summed E-state index contributed by atoms with van der Waals surface area (Å²) in [6, 6.07) is 13.4. The van der Waals surface area contributed by atoms with Gasteiger partial charge in [-0.3, -0.25) is 4.79 Å². The largest absolute Gasteiger partial charge is 0.335 e. The summed E-state index contributed by atoms with van der Waals surface area (Å²) in [5, 5.41) is 8.57. The normalized spacial score (nSPS) is 17.5. The first kappa shape index (κ1) is 17.5. The van der Waals surface area contributed by atoms with E-state index >= 15 is 0 Å². The van der Waals surface area contributed by atoms with Gasteiger partial charge >= 0.3 is 6.03 Å². The summed E-state index contributed by atoms with van der Waals surface area (Å²) in [6.07, 6.45) is 4.44. The van der Waals surface area contributed by atoms with E-state index in [0.29, 0.717) is 30.3 Å². The second-order valence-electron chi connectivity index (χ2n) is 7.35. The Morgan fingerprint density at radius 2 is 1.63 bits per heavy atom. The highest BCUT2D eigenvalue weighted by atomic mass is 19.1. The number of carbonyl (C=O) groups is 2. The Kier molecular flexibility index (Phi) is 4.56. The first-order chi connectivity index (χ1) is 13.0. The molecule has 2 aromatic rings. The zero-order chi connectivity index (χ0) is 18.9. The van der Waals surface area contributed by atoms with Crippen LogP contribution in [-0.2, 0) is 10.2 Å². The van der Waals surface area contributed by atoms with Gasteiger partial charge in [-0.1, -0.05) is 18.6 Å². The monoisotopic (exact) mass is 367 g/mol. The van der Waals surface area contributed by atoms with Crippen LogP contribution in [0.4, 0.5) is 20.6 Å². The average molecular weight is 367 g/mol. The third kappa shape index (κ3) is 3.79. The fourth-order valence-corrected chi connectivity index (χ4v) is 3.43. The third-order valence-electron chi connectivity index (χ3n) is 5.33. The van der Waals surface area contributed by atoms with Crippen molar-refractivity contribution in [2.45, 2.75) is 43.6 Å². The van der Waals surface area contributed by atoms with E-state index in [-0.39, 0.29) is 17.8 Å². The zero-order valence-electron chi connectivity index (χ0n) is 14.9. The van der Waals surface area contributed by atoms with Crippen molar-refractivity contribution >= 4 is 23.3 Å². The molecule has 2 saturated carbocycles. The van der Waals surface area contributed by atoms with Crippen molar-refractivity contribution < 1.29 is 14.0 Å². The van der Waals surface area contributed by atoms with Crippen LogP contribution in [0.3, 0.4) is 0 Å². The SMILES string of the molecule is O=C(Nc1ccc(NC(=O)C2(c3cccc(F)c3)CCC2)cc1)NC1CC1. The zero-order valence-corrected chi connectivity index (χ0v) is 14.9. The van der Waals surface area contributed by atoms with Gasteiger partial charge in [0.1, 0.15) is 5.82 Å². The molecule has 0 saturated heterocycles. The van der Waals surface area contributed by atoms with Gasteiger partial charge in [-0.2, -0.15) is 0 Å². The van der Waals surface area contributed by atoms with Crippen molar-refractivity contribution in [3.05, 3.63) is 59.9 Å². The molecule has 2 aliphatic rings. The molecule has 3 N–H and O–H groups in total. The molecule has 6 heteroatoms. The number of halogens is 1. The van der Waals surface area contributed by atoms with Crippen LogP contribution >= 0.6 is 0 Å². The topological polar surface area (TPSA) is 70.2 Å². The Balaban J connectivity index is 1.42. The lowest BCUT2D eigenvalue weighted by atomic mass is 9.63. The van der Waals surface area contributed by atoms with Crippen molar-refractivity contribution in [3.63, 3.8) is 0 Å². The van der Waals surface area contributed by atoms with E-state index in [1.165, 1.54) is 12.1 Å². The minimum Gasteiger partial charge on any atom is -0.335 e. The first-order valence-corrected chi connectivity index (χ1v) is 9.30. The number of benzene rings is 2. The van der Waals surface area contributed by atoms with E-state index in [1.807, 2.05) is 6.07 Å². The van der Waals surface area contributed by atoms with Crippen LogP contribution in [-0.4, -0.2) is 18.0 Å². The van der Waals surface area contributed by atoms with E-state index in [0.717, 1.165) is 24.8 Å². The number of carbonyl (C=O) groups excluding carboxylic acids is 2. The predicted molar refractivity (Wildman–Crippen MR) is 102 cm³/mol. The van der Waals surface area contributed by atoms with E-state index in [2.05, 4.69) is 16.0 Å². The molecule has 0 bridgehead atoms. The molecular weight excluding hydrogens is 345 g/mol. The molecule has 27 heavy (non-hydrogen) atoms. The lowest BCUT2D eigenvalue weighted by Crippen LogP contribution is -2.46. The van der Waals surface area contributed by atoms with Gasteiger partial charge in [-0.25, -0.2) is 9.18 Å². The summed E-state index contributed by atoms with van der Waals surface area (Å²) < 4.78 is 13.6.